The van der Waals surface area contributed by atoms with Crippen molar-refractivity contribution in [1.82, 2.24) is 0 Å². The summed E-state index contributed by atoms with van der Waals surface area (Å²) in [5, 5.41) is 59.0. The second kappa shape index (κ2) is 10.4. The van der Waals surface area contributed by atoms with Crippen molar-refractivity contribution in [3.8, 4) is 28.6 Å². The molecule has 1 saturated heterocycles. The lowest BCUT2D eigenvalue weighted by Crippen LogP contribution is -2.60. The average Bonchev–Trinajstić information content (AvgIpc) is 2.83. The number of aliphatic hydroxyl groups is 3. The summed E-state index contributed by atoms with van der Waals surface area (Å²) in [6, 6.07) is 9.19. The highest BCUT2D eigenvalue weighted by Gasteiger charge is 2.45. The average molecular weight is 518 g/mol. The van der Waals surface area contributed by atoms with Gasteiger partial charge in [-0.2, -0.15) is 0 Å². The number of aliphatic carboxylic acids is 1. The van der Waals surface area contributed by atoms with Crippen molar-refractivity contribution in [2.75, 3.05) is 6.61 Å². The summed E-state index contributed by atoms with van der Waals surface area (Å²) in [5.74, 6) is -3.08. The fourth-order valence-electron chi connectivity index (χ4n) is 3.73. The van der Waals surface area contributed by atoms with Gasteiger partial charge in [0.05, 0.1) is 0 Å². The number of phenols is 2. The number of rotatable bonds is 7. The van der Waals surface area contributed by atoms with Crippen molar-refractivity contribution < 1.29 is 58.9 Å². The van der Waals surface area contributed by atoms with Crippen LogP contribution in [0.5, 0.6) is 17.2 Å². The molecule has 2 aromatic carbocycles. The first-order valence-corrected chi connectivity index (χ1v) is 10.9. The number of fused-ring (bicyclic) bond motifs is 1. The molecule has 0 bridgehead atoms. The molecule has 0 saturated carbocycles. The lowest BCUT2D eigenvalue weighted by Gasteiger charge is -2.39. The molecule has 37 heavy (non-hydrogen) atoms. The number of carbonyl (C=O) groups excluding carboxylic acids is 1. The molecule has 5 atom stereocenters. The summed E-state index contributed by atoms with van der Waals surface area (Å²) in [5.41, 5.74) is -0.217. The van der Waals surface area contributed by atoms with Gasteiger partial charge in [-0.3, -0.25) is 14.4 Å². The third kappa shape index (κ3) is 5.65. The van der Waals surface area contributed by atoms with Gasteiger partial charge in [-0.15, -0.1) is 0 Å². The second-order valence-corrected chi connectivity index (χ2v) is 8.22. The number of benzene rings is 2. The zero-order valence-corrected chi connectivity index (χ0v) is 18.9. The maximum Gasteiger partial charge on any atom is 0.317 e. The highest BCUT2D eigenvalue weighted by atomic mass is 16.7. The Morgan fingerprint density at radius 2 is 1.62 bits per heavy atom. The Kier molecular flexibility index (Phi) is 7.31. The first-order chi connectivity index (χ1) is 17.5. The van der Waals surface area contributed by atoms with E-state index >= 15 is 0 Å². The minimum Gasteiger partial charge on any atom is -0.508 e. The Morgan fingerprint density at radius 1 is 0.919 bits per heavy atom. The van der Waals surface area contributed by atoms with Crippen LogP contribution in [0.2, 0.25) is 0 Å². The van der Waals surface area contributed by atoms with Crippen LogP contribution >= 0.6 is 0 Å². The molecule has 1 fully saturated rings. The summed E-state index contributed by atoms with van der Waals surface area (Å²) < 4.78 is 21.5. The topological polar surface area (TPSA) is 213 Å². The van der Waals surface area contributed by atoms with Crippen LogP contribution in [0.25, 0.3) is 22.3 Å². The van der Waals surface area contributed by atoms with Gasteiger partial charge in [0.25, 0.3) is 0 Å². The van der Waals surface area contributed by atoms with Crippen molar-refractivity contribution in [1.29, 1.82) is 0 Å². The molecule has 1 aliphatic heterocycles. The predicted octanol–water partition coefficient (Wildman–Crippen LogP) is 0.0755. The molecule has 2 heterocycles. The van der Waals surface area contributed by atoms with Crippen molar-refractivity contribution in [2.45, 2.75) is 37.1 Å². The lowest BCUT2D eigenvalue weighted by atomic mass is 9.99. The number of carbonyl (C=O) groups is 2. The van der Waals surface area contributed by atoms with E-state index in [1.54, 1.807) is 0 Å². The lowest BCUT2D eigenvalue weighted by molar-refractivity contribution is -0.278. The van der Waals surface area contributed by atoms with E-state index in [4.69, 9.17) is 23.7 Å². The Hall–Kier alpha value is -4.17. The van der Waals surface area contributed by atoms with Gasteiger partial charge < -0.3 is 49.3 Å². The monoisotopic (exact) mass is 518 g/mol. The Labute approximate surface area is 207 Å². The number of ether oxygens (including phenoxy) is 3. The minimum atomic E-state index is -1.83. The fraction of sp³-hybridized carbons (Fsp3) is 0.292. The number of aliphatic hydroxyl groups excluding tert-OH is 3. The number of carboxylic acid groups (broad SMARTS) is 1. The van der Waals surface area contributed by atoms with Crippen molar-refractivity contribution >= 4 is 22.9 Å². The van der Waals surface area contributed by atoms with Gasteiger partial charge in [-0.25, -0.2) is 0 Å². The van der Waals surface area contributed by atoms with Gasteiger partial charge in [0, 0.05) is 23.8 Å². The molecule has 4 rings (SSSR count). The summed E-state index contributed by atoms with van der Waals surface area (Å²) in [6.45, 7) is -0.671. The summed E-state index contributed by atoms with van der Waals surface area (Å²) >= 11 is 0. The fourth-order valence-corrected chi connectivity index (χ4v) is 3.73. The number of hydrogen-bond acceptors (Lipinski definition) is 12. The molecule has 1 aromatic heterocycles. The van der Waals surface area contributed by atoms with Crippen LogP contribution in [0.3, 0.4) is 0 Å². The van der Waals surface area contributed by atoms with E-state index < -0.39 is 61.1 Å². The van der Waals surface area contributed by atoms with Crippen LogP contribution in [0.4, 0.5) is 0 Å². The summed E-state index contributed by atoms with van der Waals surface area (Å²) in [4.78, 5) is 35.1. The van der Waals surface area contributed by atoms with E-state index in [2.05, 4.69) is 0 Å². The molecule has 1 aliphatic rings. The maximum absolute atomic E-state index is 13.0. The van der Waals surface area contributed by atoms with Crippen molar-refractivity contribution in [3.05, 3.63) is 52.7 Å². The smallest absolute Gasteiger partial charge is 0.317 e. The first-order valence-electron chi connectivity index (χ1n) is 10.9. The van der Waals surface area contributed by atoms with Gasteiger partial charge in [0.2, 0.25) is 6.29 Å². The molecule has 6 N–H and O–H groups in total. The zero-order chi connectivity index (χ0) is 26.9. The third-order valence-corrected chi connectivity index (χ3v) is 5.55. The van der Waals surface area contributed by atoms with E-state index in [0.29, 0.717) is 5.56 Å². The van der Waals surface area contributed by atoms with E-state index in [-0.39, 0.29) is 34.0 Å². The minimum absolute atomic E-state index is 0.00789. The molecule has 0 amide bonds. The molecule has 0 radical (unpaired) electrons. The largest absolute Gasteiger partial charge is 0.508 e. The maximum atomic E-state index is 13.0. The third-order valence-electron chi connectivity index (χ3n) is 5.55. The highest BCUT2D eigenvalue weighted by Crippen LogP contribution is 2.34. The Balaban J connectivity index is 1.62. The Bertz CT molecular complexity index is 1360. The molecule has 13 heteroatoms. The van der Waals surface area contributed by atoms with Crippen LogP contribution in [-0.4, -0.2) is 79.9 Å². The van der Waals surface area contributed by atoms with E-state index in [0.717, 1.165) is 18.2 Å². The van der Waals surface area contributed by atoms with E-state index in [9.17, 15) is 39.9 Å². The zero-order valence-electron chi connectivity index (χ0n) is 18.9. The highest BCUT2D eigenvalue weighted by molar-refractivity contribution is 5.90. The van der Waals surface area contributed by atoms with Crippen LogP contribution in [0, 0.1) is 0 Å². The number of phenolic OH excluding ortho intramolecular Hbond substituents is 2. The molecular weight excluding hydrogens is 496 g/mol. The SMILES string of the molecule is O=C(O)CC(=O)OC[C@@H]1O[C@H](Oc2cc(O)cc3oc(-c4ccc(O)cc4)cc(=O)c23)[C@@H](O)[C@@H](O)[C@H]1O. The van der Waals surface area contributed by atoms with Crippen LogP contribution in [0.1, 0.15) is 6.42 Å². The quantitative estimate of drug-likeness (QED) is 0.181. The molecule has 13 nitrogen and oxygen atoms in total. The predicted molar refractivity (Wildman–Crippen MR) is 122 cm³/mol. The Morgan fingerprint density at radius 3 is 2.30 bits per heavy atom. The van der Waals surface area contributed by atoms with Gasteiger partial charge in [0.1, 0.15) is 71.4 Å². The molecule has 196 valence electrons. The van der Waals surface area contributed by atoms with Crippen LogP contribution in [0.15, 0.2) is 51.7 Å². The second-order valence-electron chi connectivity index (χ2n) is 8.22. The van der Waals surface area contributed by atoms with Crippen molar-refractivity contribution in [3.63, 3.8) is 0 Å². The van der Waals surface area contributed by atoms with E-state index in [1.807, 2.05) is 0 Å². The first kappa shape index (κ1) is 25.9. The molecular formula is C24H22O13. The number of hydrogen-bond donors (Lipinski definition) is 6. The number of aromatic hydroxyl groups is 2. The van der Waals surface area contributed by atoms with Gasteiger partial charge in [0.15, 0.2) is 5.43 Å². The van der Waals surface area contributed by atoms with E-state index in [1.165, 1.54) is 24.3 Å². The summed E-state index contributed by atoms with van der Waals surface area (Å²) in [7, 11) is 0. The van der Waals surface area contributed by atoms with Gasteiger partial charge in [-0.1, -0.05) is 0 Å². The van der Waals surface area contributed by atoms with Crippen LogP contribution < -0.4 is 10.2 Å². The molecule has 0 unspecified atom stereocenters. The summed E-state index contributed by atoms with van der Waals surface area (Å²) in [6.07, 6.45) is -9.47. The molecule has 0 spiro atoms. The molecule has 3 aromatic rings. The number of esters is 1. The van der Waals surface area contributed by atoms with Crippen LogP contribution in [-0.2, 0) is 19.1 Å². The standard InChI is InChI=1S/C24H22O13/c25-11-3-1-10(2-4-11)14-7-13(27)20-15(35-14)5-12(26)6-16(20)36-24-23(33)22(32)21(31)17(37-24)9-34-19(30)8-18(28)29/h1-7,17,21-26,31-33H,8-9H2,(H,28,29)/t17-,21-,22-,23-,24-/m0/s1. The van der Waals surface area contributed by atoms with Crippen molar-refractivity contribution in [2.24, 2.45) is 0 Å². The van der Waals surface area contributed by atoms with Gasteiger partial charge in [-0.05, 0) is 24.3 Å². The normalized spacial score (nSPS) is 23.5. The van der Waals surface area contributed by atoms with Gasteiger partial charge >= 0.3 is 11.9 Å². The molecule has 0 aliphatic carbocycles. The number of carboxylic acids is 1.